The Hall–Kier alpha value is -0.480. The molecule has 0 fully saturated rings. The number of esters is 1. The number of hydrogen-bond acceptors (Lipinski definition) is 6. The Morgan fingerprint density at radius 1 is 1.55 bits per heavy atom. The lowest BCUT2D eigenvalue weighted by atomic mass is 10.1. The predicted octanol–water partition coefficient (Wildman–Crippen LogP) is 1.69. The average Bonchev–Trinajstić information content (AvgIpc) is 2.79. The number of aliphatic hydroxyl groups is 1. The van der Waals surface area contributed by atoms with Crippen LogP contribution in [0.1, 0.15) is 23.5 Å². The predicted molar refractivity (Wildman–Crippen MR) is 79.5 cm³/mol. The van der Waals surface area contributed by atoms with Gasteiger partial charge in [-0.3, -0.25) is 0 Å². The molecule has 0 radical (unpaired) electrons. The summed E-state index contributed by atoms with van der Waals surface area (Å²) in [5.74, 6) is -0.596. The number of methoxy groups -OCH3 is 1. The van der Waals surface area contributed by atoms with Gasteiger partial charge in [-0.05, 0) is 35.8 Å². The van der Waals surface area contributed by atoms with Crippen LogP contribution in [-0.2, 0) is 14.8 Å². The monoisotopic (exact) mass is 385 g/mol. The Balaban J connectivity index is 3.30. The van der Waals surface area contributed by atoms with Crippen LogP contribution < -0.4 is 0 Å². The fourth-order valence-corrected chi connectivity index (χ4v) is 5.24. The highest BCUT2D eigenvalue weighted by molar-refractivity contribution is 9.11. The Labute approximate surface area is 130 Å². The molecule has 114 valence electrons. The molecule has 0 saturated carbocycles. The minimum Gasteiger partial charge on any atom is -0.465 e. The molecule has 0 bridgehead atoms. The van der Waals surface area contributed by atoms with Crippen molar-refractivity contribution in [3.63, 3.8) is 0 Å². The van der Waals surface area contributed by atoms with Gasteiger partial charge in [0.25, 0.3) is 0 Å². The molecule has 1 rings (SSSR count). The zero-order valence-corrected chi connectivity index (χ0v) is 14.7. The largest absolute Gasteiger partial charge is 0.465 e. The van der Waals surface area contributed by atoms with E-state index in [0.717, 1.165) is 15.6 Å². The summed E-state index contributed by atoms with van der Waals surface area (Å²) in [6, 6.07) is 1.26. The summed E-state index contributed by atoms with van der Waals surface area (Å²) < 4.78 is 31.0. The van der Waals surface area contributed by atoms with Gasteiger partial charge >= 0.3 is 5.97 Å². The van der Waals surface area contributed by atoms with Crippen molar-refractivity contribution in [3.8, 4) is 0 Å². The van der Waals surface area contributed by atoms with Crippen LogP contribution in [0, 0.1) is 0 Å². The molecule has 20 heavy (non-hydrogen) atoms. The van der Waals surface area contributed by atoms with Crippen LogP contribution in [0.15, 0.2) is 14.7 Å². The van der Waals surface area contributed by atoms with Gasteiger partial charge in [0.2, 0.25) is 10.0 Å². The molecular formula is C11H16BrNO5S2. The van der Waals surface area contributed by atoms with Crippen LogP contribution in [0.25, 0.3) is 0 Å². The van der Waals surface area contributed by atoms with Gasteiger partial charge in [0, 0.05) is 7.05 Å². The molecule has 1 aromatic rings. The Bertz CT molecular complexity index is 608. The fourth-order valence-electron chi connectivity index (χ4n) is 1.30. The van der Waals surface area contributed by atoms with Crippen molar-refractivity contribution in [1.82, 2.24) is 4.31 Å². The summed E-state index contributed by atoms with van der Waals surface area (Å²) in [5, 5.41) is 9.29. The summed E-state index contributed by atoms with van der Waals surface area (Å²) in [7, 11) is -1.22. The second-order valence-corrected chi connectivity index (χ2v) is 8.99. The molecule has 0 saturated heterocycles. The van der Waals surface area contributed by atoms with Crippen molar-refractivity contribution >= 4 is 43.3 Å². The molecule has 1 heterocycles. The third-order valence-corrected chi connectivity index (χ3v) is 7.22. The highest BCUT2D eigenvalue weighted by atomic mass is 79.9. The van der Waals surface area contributed by atoms with Crippen molar-refractivity contribution in [1.29, 1.82) is 0 Å². The van der Waals surface area contributed by atoms with Gasteiger partial charge in [0.05, 0.1) is 23.0 Å². The summed E-state index contributed by atoms with van der Waals surface area (Å²) in [4.78, 5) is 11.6. The normalized spacial score (nSPS) is 12.8. The fraction of sp³-hybridized carbons (Fsp3) is 0.545. The Kier molecular flexibility index (Phi) is 5.36. The van der Waals surface area contributed by atoms with Gasteiger partial charge in [-0.15, -0.1) is 11.3 Å². The minimum atomic E-state index is -3.83. The van der Waals surface area contributed by atoms with Gasteiger partial charge in [0.15, 0.2) is 0 Å². The molecule has 0 aliphatic rings. The number of halogens is 1. The van der Waals surface area contributed by atoms with Gasteiger partial charge in [0.1, 0.15) is 9.77 Å². The number of aliphatic hydroxyl groups excluding tert-OH is 1. The standard InChI is InChI=1S/C11H16BrNO5S2/c1-11(2,6-14)13(3)20(16,17)8-5-7(10(15)18-4)19-9(8)12/h5,14H,6H2,1-4H3. The van der Waals surface area contributed by atoms with E-state index < -0.39 is 21.5 Å². The average molecular weight is 386 g/mol. The number of sulfonamides is 1. The van der Waals surface area contributed by atoms with Gasteiger partial charge in [-0.1, -0.05) is 0 Å². The molecule has 0 aliphatic heterocycles. The first kappa shape index (κ1) is 17.6. The number of carbonyl (C=O) groups is 1. The van der Waals surface area contributed by atoms with Crippen molar-refractivity contribution in [3.05, 3.63) is 14.7 Å². The SMILES string of the molecule is COC(=O)c1cc(S(=O)(=O)N(C)C(C)(C)CO)c(Br)s1. The maximum atomic E-state index is 12.5. The van der Waals surface area contributed by atoms with Crippen LogP contribution in [0.3, 0.4) is 0 Å². The van der Waals surface area contributed by atoms with E-state index in [1.54, 1.807) is 13.8 Å². The van der Waals surface area contributed by atoms with E-state index >= 15 is 0 Å². The van der Waals surface area contributed by atoms with E-state index in [9.17, 15) is 18.3 Å². The van der Waals surface area contributed by atoms with Crippen molar-refractivity contribution in [2.45, 2.75) is 24.3 Å². The number of thiophene rings is 1. The first-order valence-corrected chi connectivity index (χ1v) is 8.60. The molecule has 0 spiro atoms. The number of nitrogens with zero attached hydrogens (tertiary/aromatic N) is 1. The third-order valence-electron chi connectivity index (χ3n) is 2.92. The lowest BCUT2D eigenvalue weighted by Crippen LogP contribution is -2.47. The summed E-state index contributed by atoms with van der Waals surface area (Å²) >= 11 is 4.13. The highest BCUT2D eigenvalue weighted by Gasteiger charge is 2.36. The maximum absolute atomic E-state index is 12.5. The van der Waals surface area contributed by atoms with E-state index in [-0.39, 0.29) is 16.4 Å². The first-order chi connectivity index (χ1) is 9.07. The topological polar surface area (TPSA) is 83.9 Å². The van der Waals surface area contributed by atoms with Crippen molar-refractivity contribution < 1.29 is 23.1 Å². The van der Waals surface area contributed by atoms with Crippen molar-refractivity contribution in [2.75, 3.05) is 20.8 Å². The molecule has 0 aromatic carbocycles. The van der Waals surface area contributed by atoms with Crippen LogP contribution >= 0.6 is 27.3 Å². The number of hydrogen-bond donors (Lipinski definition) is 1. The lowest BCUT2D eigenvalue weighted by Gasteiger charge is -2.32. The summed E-state index contributed by atoms with van der Waals surface area (Å²) in [5.41, 5.74) is -0.953. The molecule has 0 atom stereocenters. The van der Waals surface area contributed by atoms with Crippen LogP contribution in [0.5, 0.6) is 0 Å². The zero-order valence-electron chi connectivity index (χ0n) is 11.5. The molecule has 9 heteroatoms. The molecule has 0 unspecified atom stereocenters. The van der Waals surface area contributed by atoms with E-state index in [1.807, 2.05) is 0 Å². The Morgan fingerprint density at radius 2 is 2.10 bits per heavy atom. The first-order valence-electron chi connectivity index (χ1n) is 5.55. The molecule has 1 N–H and O–H groups in total. The number of carbonyl (C=O) groups excluding carboxylic acids is 1. The quantitative estimate of drug-likeness (QED) is 0.779. The Morgan fingerprint density at radius 3 is 2.55 bits per heavy atom. The number of rotatable bonds is 5. The van der Waals surface area contributed by atoms with Crippen molar-refractivity contribution in [2.24, 2.45) is 0 Å². The lowest BCUT2D eigenvalue weighted by molar-refractivity contribution is 0.0606. The van der Waals surface area contributed by atoms with Gasteiger partial charge < -0.3 is 9.84 Å². The van der Waals surface area contributed by atoms with Gasteiger partial charge in [-0.25, -0.2) is 13.2 Å². The molecule has 0 aliphatic carbocycles. The summed E-state index contributed by atoms with van der Waals surface area (Å²) in [6.07, 6.45) is 0. The molecule has 1 aromatic heterocycles. The van der Waals surface area contributed by atoms with Gasteiger partial charge in [-0.2, -0.15) is 4.31 Å². The summed E-state index contributed by atoms with van der Waals surface area (Å²) in [6.45, 7) is 2.88. The highest BCUT2D eigenvalue weighted by Crippen LogP contribution is 2.35. The van der Waals surface area contributed by atoms with E-state index in [0.29, 0.717) is 3.79 Å². The maximum Gasteiger partial charge on any atom is 0.348 e. The van der Waals surface area contributed by atoms with E-state index in [2.05, 4.69) is 20.7 Å². The smallest absolute Gasteiger partial charge is 0.348 e. The molecular weight excluding hydrogens is 370 g/mol. The zero-order chi connectivity index (χ0) is 15.7. The number of likely N-dealkylation sites (N-methyl/N-ethyl adjacent to an activating group) is 1. The van der Waals surface area contributed by atoms with E-state index in [4.69, 9.17) is 0 Å². The minimum absolute atomic E-state index is 0.0214. The molecule has 6 nitrogen and oxygen atoms in total. The number of ether oxygens (including phenoxy) is 1. The molecule has 0 amide bonds. The second kappa shape index (κ2) is 6.10. The second-order valence-electron chi connectivity index (χ2n) is 4.68. The van der Waals surface area contributed by atoms with Crippen LogP contribution in [0.4, 0.5) is 0 Å². The van der Waals surface area contributed by atoms with Crippen LogP contribution in [0.2, 0.25) is 0 Å². The van der Waals surface area contributed by atoms with E-state index in [1.165, 1.54) is 20.2 Å². The third kappa shape index (κ3) is 3.22. The van der Waals surface area contributed by atoms with Crippen LogP contribution in [-0.4, -0.2) is 50.1 Å².